The molecule has 108 valence electrons. The van der Waals surface area contributed by atoms with Gasteiger partial charge in [-0.3, -0.25) is 0 Å². The summed E-state index contributed by atoms with van der Waals surface area (Å²) in [5.41, 5.74) is 0.481. The van der Waals surface area contributed by atoms with Crippen molar-refractivity contribution < 1.29 is 4.39 Å². The summed E-state index contributed by atoms with van der Waals surface area (Å²) < 4.78 is 14.8. The fourth-order valence-electron chi connectivity index (χ4n) is 1.93. The third-order valence-electron chi connectivity index (χ3n) is 3.17. The molecule has 0 unspecified atom stereocenters. The van der Waals surface area contributed by atoms with Gasteiger partial charge in [-0.25, -0.2) is 4.39 Å². The second-order valence-corrected chi connectivity index (χ2v) is 7.77. The number of nitrogens with one attached hydrogen (secondary N) is 1. The Kier molecular flexibility index (Phi) is 5.44. The smallest absolute Gasteiger partial charge is 0.146 e. The van der Waals surface area contributed by atoms with Crippen LogP contribution in [0, 0.1) is 5.82 Å². The van der Waals surface area contributed by atoms with Crippen molar-refractivity contribution in [2.75, 3.05) is 6.54 Å². The molecular weight excluding hydrogens is 329 g/mol. The minimum Gasteiger partial charge on any atom is -0.312 e. The second kappa shape index (κ2) is 6.11. The maximum atomic E-state index is 14.2. The van der Waals surface area contributed by atoms with Crippen LogP contribution in [0.15, 0.2) is 16.6 Å². The van der Waals surface area contributed by atoms with Gasteiger partial charge in [0.15, 0.2) is 0 Å². The van der Waals surface area contributed by atoms with Crippen molar-refractivity contribution in [1.29, 1.82) is 0 Å². The summed E-state index contributed by atoms with van der Waals surface area (Å²) in [6, 6.07) is 3.61. The summed E-state index contributed by atoms with van der Waals surface area (Å²) in [5.74, 6) is -0.322. The van der Waals surface area contributed by atoms with Crippen molar-refractivity contribution in [2.45, 2.75) is 52.0 Å². The first kappa shape index (κ1) is 16.9. The molecule has 1 aromatic rings. The summed E-state index contributed by atoms with van der Waals surface area (Å²) in [6.45, 7) is 11.3. The van der Waals surface area contributed by atoms with Gasteiger partial charge in [0.1, 0.15) is 5.82 Å². The van der Waals surface area contributed by atoms with Crippen LogP contribution in [0.2, 0.25) is 5.02 Å². The van der Waals surface area contributed by atoms with Gasteiger partial charge in [0.2, 0.25) is 0 Å². The highest BCUT2D eigenvalue weighted by atomic mass is 79.9. The van der Waals surface area contributed by atoms with Crippen molar-refractivity contribution in [1.82, 2.24) is 5.32 Å². The lowest BCUT2D eigenvalue weighted by atomic mass is 9.81. The molecule has 1 nitrogen and oxygen atoms in total. The van der Waals surface area contributed by atoms with E-state index in [1.54, 1.807) is 6.07 Å². The van der Waals surface area contributed by atoms with E-state index in [1.165, 1.54) is 0 Å². The molecule has 0 bridgehead atoms. The fraction of sp³-hybridized carbons (Fsp3) is 0.600. The Bertz CT molecular complexity index is 452. The predicted molar refractivity (Wildman–Crippen MR) is 84.5 cm³/mol. The average Bonchev–Trinajstić information content (AvgIpc) is 2.23. The Morgan fingerprint density at radius 3 is 2.32 bits per heavy atom. The van der Waals surface area contributed by atoms with Crippen LogP contribution in [0.5, 0.6) is 0 Å². The average molecular weight is 351 g/mol. The summed E-state index contributed by atoms with van der Waals surface area (Å²) >= 11 is 9.20. The van der Waals surface area contributed by atoms with Crippen LogP contribution in [0.4, 0.5) is 4.39 Å². The predicted octanol–water partition coefficient (Wildman–Crippen LogP) is 5.30. The van der Waals surface area contributed by atoms with Crippen molar-refractivity contribution in [3.05, 3.63) is 33.0 Å². The van der Waals surface area contributed by atoms with E-state index in [0.29, 0.717) is 10.0 Å². The number of hydrogen-bond acceptors (Lipinski definition) is 1. The largest absolute Gasteiger partial charge is 0.312 e. The summed E-state index contributed by atoms with van der Waals surface area (Å²) in [5, 5.41) is 3.59. The molecule has 0 aliphatic heterocycles. The molecule has 0 aromatic heterocycles. The Hall–Kier alpha value is -0.120. The third-order valence-corrected chi connectivity index (χ3v) is 4.43. The molecule has 0 fully saturated rings. The quantitative estimate of drug-likeness (QED) is 0.727. The topological polar surface area (TPSA) is 12.0 Å². The van der Waals surface area contributed by atoms with Crippen LogP contribution < -0.4 is 5.32 Å². The normalized spacial score (nSPS) is 12.8. The monoisotopic (exact) mass is 349 g/mol. The number of hydrogen-bond donors (Lipinski definition) is 1. The van der Waals surface area contributed by atoms with E-state index in [4.69, 9.17) is 11.6 Å². The SMILES string of the molecule is CC(C)(C)NCCC(C)(C)c1ccc(Br)c(Cl)c1F. The van der Waals surface area contributed by atoms with Crippen LogP contribution in [0.3, 0.4) is 0 Å². The highest BCUT2D eigenvalue weighted by Crippen LogP contribution is 2.35. The van der Waals surface area contributed by atoms with Gasteiger partial charge in [0.25, 0.3) is 0 Å². The fourth-order valence-corrected chi connectivity index (χ4v) is 2.40. The van der Waals surface area contributed by atoms with Gasteiger partial charge in [-0.1, -0.05) is 31.5 Å². The van der Waals surface area contributed by atoms with Gasteiger partial charge in [-0.15, -0.1) is 0 Å². The standard InChI is InChI=1S/C15H22BrClFN/c1-14(2,3)19-9-8-15(4,5)10-6-7-11(16)12(17)13(10)18/h6-7,19H,8-9H2,1-5H3. The zero-order valence-corrected chi connectivity index (χ0v) is 14.5. The Labute approximate surface area is 129 Å². The minimum absolute atomic E-state index is 0.0754. The Morgan fingerprint density at radius 1 is 1.21 bits per heavy atom. The lowest BCUT2D eigenvalue weighted by Gasteiger charge is -2.29. The highest BCUT2D eigenvalue weighted by molar-refractivity contribution is 9.10. The molecule has 0 radical (unpaired) electrons. The van der Waals surface area contributed by atoms with Crippen molar-refractivity contribution in [2.24, 2.45) is 0 Å². The first-order chi connectivity index (χ1) is 8.54. The lowest BCUT2D eigenvalue weighted by molar-refractivity contribution is 0.373. The molecule has 0 atom stereocenters. The lowest BCUT2D eigenvalue weighted by Crippen LogP contribution is -2.38. The molecule has 0 saturated carbocycles. The molecule has 0 spiro atoms. The van der Waals surface area contributed by atoms with Crippen LogP contribution in [0.25, 0.3) is 0 Å². The molecule has 0 amide bonds. The highest BCUT2D eigenvalue weighted by Gasteiger charge is 2.26. The zero-order valence-electron chi connectivity index (χ0n) is 12.2. The zero-order chi connectivity index (χ0) is 14.8. The second-order valence-electron chi connectivity index (χ2n) is 6.53. The summed E-state index contributed by atoms with van der Waals surface area (Å²) in [7, 11) is 0. The Morgan fingerprint density at radius 2 is 1.79 bits per heavy atom. The van der Waals surface area contributed by atoms with E-state index in [9.17, 15) is 4.39 Å². The summed E-state index contributed by atoms with van der Waals surface area (Å²) in [4.78, 5) is 0. The van der Waals surface area contributed by atoms with E-state index in [2.05, 4.69) is 42.0 Å². The molecule has 0 heterocycles. The molecule has 0 aliphatic rings. The van der Waals surface area contributed by atoms with Gasteiger partial charge in [-0.2, -0.15) is 0 Å². The molecule has 1 aromatic carbocycles. The van der Waals surface area contributed by atoms with Crippen LogP contribution >= 0.6 is 27.5 Å². The molecule has 19 heavy (non-hydrogen) atoms. The van der Waals surface area contributed by atoms with E-state index in [0.717, 1.165) is 13.0 Å². The summed E-state index contributed by atoms with van der Waals surface area (Å²) in [6.07, 6.45) is 0.846. The van der Waals surface area contributed by atoms with Gasteiger partial charge in [0, 0.05) is 10.0 Å². The van der Waals surface area contributed by atoms with E-state index >= 15 is 0 Å². The van der Waals surface area contributed by atoms with E-state index in [-0.39, 0.29) is 21.8 Å². The maximum absolute atomic E-state index is 14.2. The van der Waals surface area contributed by atoms with Gasteiger partial charge >= 0.3 is 0 Å². The van der Waals surface area contributed by atoms with Crippen LogP contribution in [-0.2, 0) is 5.41 Å². The molecular formula is C15H22BrClFN. The van der Waals surface area contributed by atoms with Crippen molar-refractivity contribution in [3.63, 3.8) is 0 Å². The van der Waals surface area contributed by atoms with E-state index in [1.807, 2.05) is 19.9 Å². The first-order valence-electron chi connectivity index (χ1n) is 6.43. The van der Waals surface area contributed by atoms with E-state index < -0.39 is 0 Å². The molecule has 4 heteroatoms. The van der Waals surface area contributed by atoms with Crippen molar-refractivity contribution >= 4 is 27.5 Å². The Balaban J connectivity index is 2.86. The maximum Gasteiger partial charge on any atom is 0.146 e. The van der Waals surface area contributed by atoms with Gasteiger partial charge < -0.3 is 5.32 Å². The van der Waals surface area contributed by atoms with Crippen LogP contribution in [-0.4, -0.2) is 12.1 Å². The number of benzene rings is 1. The van der Waals surface area contributed by atoms with Gasteiger partial charge in [-0.05, 0) is 66.7 Å². The van der Waals surface area contributed by atoms with Crippen molar-refractivity contribution in [3.8, 4) is 0 Å². The first-order valence-corrected chi connectivity index (χ1v) is 7.61. The van der Waals surface area contributed by atoms with Gasteiger partial charge in [0.05, 0.1) is 5.02 Å². The van der Waals surface area contributed by atoms with Crippen LogP contribution in [0.1, 0.15) is 46.6 Å². The molecule has 1 N–H and O–H groups in total. The molecule has 0 saturated heterocycles. The molecule has 0 aliphatic carbocycles. The molecule has 1 rings (SSSR count). The number of rotatable bonds is 4. The number of halogens is 3. The third kappa shape index (κ3) is 4.73. The minimum atomic E-state index is -0.322.